The molecule has 1 aromatic rings. The van der Waals surface area contributed by atoms with Crippen molar-refractivity contribution in [3.8, 4) is 0 Å². The Labute approximate surface area is 78.9 Å². The summed E-state index contributed by atoms with van der Waals surface area (Å²) in [6.45, 7) is 1.93. The maximum absolute atomic E-state index is 7.21. The van der Waals surface area contributed by atoms with E-state index in [0.29, 0.717) is 0 Å². The standard InChI is InChI=1S/C7H9IN3/c1-5-6(8)3-2-4-11(5)7(9)10/h2-4H,1H3,(H3,9,10)/q+1. The van der Waals surface area contributed by atoms with Crippen molar-refractivity contribution in [2.24, 2.45) is 5.73 Å². The fourth-order valence-electron chi connectivity index (χ4n) is 0.822. The van der Waals surface area contributed by atoms with Gasteiger partial charge in [0.25, 0.3) is 0 Å². The minimum Gasteiger partial charge on any atom is -0.287 e. The first kappa shape index (κ1) is 8.45. The van der Waals surface area contributed by atoms with Gasteiger partial charge in [0.15, 0.2) is 0 Å². The second kappa shape index (κ2) is 3.17. The lowest BCUT2D eigenvalue weighted by molar-refractivity contribution is -0.566. The number of hydrogen-bond donors (Lipinski definition) is 2. The van der Waals surface area contributed by atoms with Crippen LogP contribution in [0.4, 0.5) is 0 Å². The summed E-state index contributed by atoms with van der Waals surface area (Å²) in [5.41, 5.74) is 6.33. The van der Waals surface area contributed by atoms with Gasteiger partial charge in [0.2, 0.25) is 0 Å². The average Bonchev–Trinajstić information content (AvgIpc) is 1.94. The lowest BCUT2D eigenvalue weighted by Crippen LogP contribution is -2.50. The molecule has 0 spiro atoms. The summed E-state index contributed by atoms with van der Waals surface area (Å²) < 4.78 is 2.75. The first-order chi connectivity index (χ1) is 5.13. The molecule has 58 valence electrons. The van der Waals surface area contributed by atoms with Gasteiger partial charge in [0, 0.05) is 3.57 Å². The van der Waals surface area contributed by atoms with Crippen LogP contribution in [-0.4, -0.2) is 5.96 Å². The minimum atomic E-state index is 0.0565. The molecule has 0 saturated carbocycles. The third kappa shape index (κ3) is 1.68. The Morgan fingerprint density at radius 1 is 1.73 bits per heavy atom. The molecular formula is C7H9IN3+. The molecule has 0 saturated heterocycles. The predicted octanol–water partition coefficient (Wildman–Crippen LogP) is 0.629. The van der Waals surface area contributed by atoms with Gasteiger partial charge >= 0.3 is 5.96 Å². The molecule has 1 rings (SSSR count). The number of pyridine rings is 1. The van der Waals surface area contributed by atoms with Crippen LogP contribution >= 0.6 is 22.6 Å². The van der Waals surface area contributed by atoms with Crippen molar-refractivity contribution < 1.29 is 4.57 Å². The lowest BCUT2D eigenvalue weighted by atomic mass is 10.4. The van der Waals surface area contributed by atoms with Crippen LogP contribution in [-0.2, 0) is 0 Å². The van der Waals surface area contributed by atoms with Crippen molar-refractivity contribution in [1.29, 1.82) is 5.41 Å². The van der Waals surface area contributed by atoms with Crippen LogP contribution in [0.2, 0.25) is 0 Å². The highest BCUT2D eigenvalue weighted by atomic mass is 127. The van der Waals surface area contributed by atoms with Crippen molar-refractivity contribution in [3.63, 3.8) is 0 Å². The van der Waals surface area contributed by atoms with Crippen molar-refractivity contribution in [2.75, 3.05) is 0 Å². The third-order valence-electron chi connectivity index (χ3n) is 1.44. The van der Waals surface area contributed by atoms with E-state index < -0.39 is 0 Å². The Kier molecular flexibility index (Phi) is 2.43. The molecule has 0 aliphatic rings. The van der Waals surface area contributed by atoms with Gasteiger partial charge in [-0.1, -0.05) is 0 Å². The van der Waals surface area contributed by atoms with E-state index in [1.807, 2.05) is 19.1 Å². The number of nitrogens with zero attached hydrogens (tertiary/aromatic N) is 1. The summed E-state index contributed by atoms with van der Waals surface area (Å²) in [6, 6.07) is 3.85. The van der Waals surface area contributed by atoms with Crippen LogP contribution in [0.5, 0.6) is 0 Å². The zero-order chi connectivity index (χ0) is 8.43. The molecule has 11 heavy (non-hydrogen) atoms. The molecular weight excluding hydrogens is 253 g/mol. The quantitative estimate of drug-likeness (QED) is 0.306. The Bertz CT molecular complexity index is 296. The molecule has 0 amide bonds. The van der Waals surface area contributed by atoms with E-state index >= 15 is 0 Å². The van der Waals surface area contributed by atoms with Gasteiger partial charge in [-0.3, -0.25) is 5.73 Å². The summed E-state index contributed by atoms with van der Waals surface area (Å²) in [4.78, 5) is 0. The molecule has 3 nitrogen and oxygen atoms in total. The topological polar surface area (TPSA) is 53.8 Å². The Morgan fingerprint density at radius 2 is 2.36 bits per heavy atom. The van der Waals surface area contributed by atoms with E-state index in [1.54, 1.807) is 10.8 Å². The lowest BCUT2D eigenvalue weighted by Gasteiger charge is -2.01. The Balaban J connectivity index is 3.27. The number of halogens is 1. The number of nitrogen functional groups attached to an aromatic ring is 1. The van der Waals surface area contributed by atoms with Gasteiger partial charge in [-0.25, -0.2) is 4.57 Å². The monoisotopic (exact) mass is 262 g/mol. The highest BCUT2D eigenvalue weighted by molar-refractivity contribution is 14.1. The van der Waals surface area contributed by atoms with E-state index in [-0.39, 0.29) is 5.96 Å². The summed E-state index contributed by atoms with van der Waals surface area (Å²) in [5, 5.41) is 7.21. The number of aromatic nitrogens is 1. The second-order valence-electron chi connectivity index (χ2n) is 2.20. The van der Waals surface area contributed by atoms with Crippen LogP contribution in [0, 0.1) is 15.9 Å². The van der Waals surface area contributed by atoms with Gasteiger partial charge in [-0.05, 0) is 41.6 Å². The smallest absolute Gasteiger partial charge is 0.287 e. The minimum absolute atomic E-state index is 0.0565. The molecule has 0 atom stereocenters. The van der Waals surface area contributed by atoms with Gasteiger partial charge in [-0.15, -0.1) is 5.41 Å². The maximum Gasteiger partial charge on any atom is 0.386 e. The van der Waals surface area contributed by atoms with Gasteiger partial charge in [0.05, 0.1) is 11.9 Å². The van der Waals surface area contributed by atoms with Gasteiger partial charge in [-0.2, -0.15) is 0 Å². The molecule has 0 bridgehead atoms. The van der Waals surface area contributed by atoms with E-state index in [4.69, 9.17) is 11.1 Å². The average molecular weight is 262 g/mol. The molecule has 0 fully saturated rings. The molecule has 0 aliphatic heterocycles. The predicted molar refractivity (Wildman–Crippen MR) is 51.4 cm³/mol. The molecule has 4 heteroatoms. The number of hydrogen-bond acceptors (Lipinski definition) is 1. The van der Waals surface area contributed by atoms with E-state index in [2.05, 4.69) is 22.6 Å². The number of rotatable bonds is 0. The zero-order valence-electron chi connectivity index (χ0n) is 6.13. The summed E-state index contributed by atoms with van der Waals surface area (Å²) in [5.74, 6) is 0.0565. The molecule has 3 N–H and O–H groups in total. The number of nitrogens with two attached hydrogens (primary N) is 1. The SMILES string of the molecule is Cc1c(I)ccc[n+]1C(=N)N. The van der Waals surface area contributed by atoms with Crippen LogP contribution in [0.3, 0.4) is 0 Å². The highest BCUT2D eigenvalue weighted by Crippen LogP contribution is 2.04. The number of nitrogens with one attached hydrogen (secondary N) is 1. The molecule has 1 aromatic heterocycles. The largest absolute Gasteiger partial charge is 0.386 e. The maximum atomic E-state index is 7.21. The van der Waals surface area contributed by atoms with Crippen LogP contribution in [0.25, 0.3) is 0 Å². The Hall–Kier alpha value is -0.650. The van der Waals surface area contributed by atoms with Gasteiger partial charge < -0.3 is 0 Å². The molecule has 0 unspecified atom stereocenters. The van der Waals surface area contributed by atoms with Crippen LogP contribution in [0.15, 0.2) is 18.3 Å². The van der Waals surface area contributed by atoms with Crippen LogP contribution in [0.1, 0.15) is 5.69 Å². The van der Waals surface area contributed by atoms with Crippen LogP contribution < -0.4 is 10.3 Å². The summed E-state index contributed by atoms with van der Waals surface area (Å²) in [7, 11) is 0. The Morgan fingerprint density at radius 3 is 2.82 bits per heavy atom. The first-order valence-corrected chi connectivity index (χ1v) is 4.22. The van der Waals surface area contributed by atoms with E-state index in [0.717, 1.165) is 9.26 Å². The van der Waals surface area contributed by atoms with E-state index in [1.165, 1.54) is 0 Å². The zero-order valence-corrected chi connectivity index (χ0v) is 8.29. The van der Waals surface area contributed by atoms with Crippen molar-refractivity contribution in [3.05, 3.63) is 27.6 Å². The van der Waals surface area contributed by atoms with Gasteiger partial charge in [0.1, 0.15) is 0 Å². The highest BCUT2D eigenvalue weighted by Gasteiger charge is 2.06. The van der Waals surface area contributed by atoms with E-state index in [9.17, 15) is 0 Å². The molecule has 0 aliphatic carbocycles. The fraction of sp³-hybridized carbons (Fsp3) is 0.143. The third-order valence-corrected chi connectivity index (χ3v) is 2.58. The van der Waals surface area contributed by atoms with Crippen molar-refractivity contribution in [1.82, 2.24) is 0 Å². The second-order valence-corrected chi connectivity index (χ2v) is 3.36. The molecule has 0 aromatic carbocycles. The normalized spacial score (nSPS) is 9.64. The molecule has 1 heterocycles. The fourth-order valence-corrected chi connectivity index (χ4v) is 1.29. The van der Waals surface area contributed by atoms with Crippen molar-refractivity contribution in [2.45, 2.75) is 6.92 Å². The summed E-state index contributed by atoms with van der Waals surface area (Å²) >= 11 is 2.21. The van der Waals surface area contributed by atoms with Crippen molar-refractivity contribution >= 4 is 28.6 Å². The molecule has 0 radical (unpaired) electrons. The summed E-state index contributed by atoms with van der Waals surface area (Å²) in [6.07, 6.45) is 1.78. The first-order valence-electron chi connectivity index (χ1n) is 3.14.